The molecule has 1 aliphatic heterocycles. The predicted octanol–water partition coefficient (Wildman–Crippen LogP) is 1.80. The van der Waals surface area contributed by atoms with Gasteiger partial charge in [-0.25, -0.2) is 4.39 Å². The molecule has 0 amide bonds. The highest BCUT2D eigenvalue weighted by Gasteiger charge is 2.14. The molecule has 0 saturated carbocycles. The van der Waals surface area contributed by atoms with E-state index in [4.69, 9.17) is 4.74 Å². The highest BCUT2D eigenvalue weighted by molar-refractivity contribution is 5.32. The van der Waals surface area contributed by atoms with E-state index >= 15 is 0 Å². The first-order chi connectivity index (χ1) is 7.75. The lowest BCUT2D eigenvalue weighted by molar-refractivity contribution is 0.110. The molecule has 1 atom stereocenters. The number of halogens is 1. The number of phenols is 1. The van der Waals surface area contributed by atoms with Gasteiger partial charge in [0.05, 0.1) is 6.10 Å². The fourth-order valence-corrected chi connectivity index (χ4v) is 1.87. The summed E-state index contributed by atoms with van der Waals surface area (Å²) in [4.78, 5) is 0. The van der Waals surface area contributed by atoms with Gasteiger partial charge in [0, 0.05) is 25.3 Å². The van der Waals surface area contributed by atoms with E-state index < -0.39 is 0 Å². The van der Waals surface area contributed by atoms with E-state index in [0.717, 1.165) is 26.0 Å². The fraction of sp³-hybridized carbons (Fsp3) is 0.500. The second-order valence-corrected chi connectivity index (χ2v) is 4.04. The van der Waals surface area contributed by atoms with Crippen molar-refractivity contribution in [1.82, 2.24) is 5.32 Å². The molecule has 4 heteroatoms. The van der Waals surface area contributed by atoms with Gasteiger partial charge in [-0.05, 0) is 31.0 Å². The molecule has 0 aromatic heterocycles. The van der Waals surface area contributed by atoms with Crippen molar-refractivity contribution < 1.29 is 14.2 Å². The Hall–Kier alpha value is -1.13. The number of rotatable bonds is 4. The molecule has 0 radical (unpaired) electrons. The van der Waals surface area contributed by atoms with Crippen LogP contribution < -0.4 is 5.32 Å². The molecule has 0 aliphatic carbocycles. The van der Waals surface area contributed by atoms with Crippen molar-refractivity contribution in [2.75, 3.05) is 13.2 Å². The molecule has 1 aromatic carbocycles. The van der Waals surface area contributed by atoms with Crippen molar-refractivity contribution in [3.8, 4) is 5.75 Å². The van der Waals surface area contributed by atoms with Crippen LogP contribution in [0.2, 0.25) is 0 Å². The highest BCUT2D eigenvalue weighted by atomic mass is 19.1. The minimum atomic E-state index is -0.327. The molecule has 3 nitrogen and oxygen atoms in total. The maximum atomic E-state index is 12.9. The molecule has 0 spiro atoms. The van der Waals surface area contributed by atoms with E-state index in [1.54, 1.807) is 0 Å². The number of benzene rings is 1. The molecule has 1 unspecified atom stereocenters. The summed E-state index contributed by atoms with van der Waals surface area (Å²) in [7, 11) is 0. The molecular formula is C12H16FNO2. The van der Waals surface area contributed by atoms with Crippen molar-refractivity contribution in [2.45, 2.75) is 25.5 Å². The summed E-state index contributed by atoms with van der Waals surface area (Å²) in [6.07, 6.45) is 2.44. The summed E-state index contributed by atoms with van der Waals surface area (Å²) in [6, 6.07) is 3.97. The Morgan fingerprint density at radius 2 is 2.38 bits per heavy atom. The fourth-order valence-electron chi connectivity index (χ4n) is 1.87. The number of aromatic hydroxyl groups is 1. The van der Waals surface area contributed by atoms with Crippen molar-refractivity contribution in [3.05, 3.63) is 29.6 Å². The summed E-state index contributed by atoms with van der Waals surface area (Å²) in [5.74, 6) is -0.201. The topological polar surface area (TPSA) is 41.5 Å². The van der Waals surface area contributed by atoms with Crippen LogP contribution in [0, 0.1) is 5.82 Å². The first-order valence-corrected chi connectivity index (χ1v) is 5.55. The van der Waals surface area contributed by atoms with Gasteiger partial charge in [-0.1, -0.05) is 0 Å². The van der Waals surface area contributed by atoms with Gasteiger partial charge >= 0.3 is 0 Å². The molecular weight excluding hydrogens is 209 g/mol. The summed E-state index contributed by atoms with van der Waals surface area (Å²) >= 11 is 0. The standard InChI is InChI=1S/C12H16FNO2/c13-10-3-4-12(15)9(6-10)7-14-8-11-2-1-5-16-11/h3-4,6,11,14-15H,1-2,5,7-8H2. The van der Waals surface area contributed by atoms with Crippen molar-refractivity contribution in [2.24, 2.45) is 0 Å². The van der Waals surface area contributed by atoms with Gasteiger partial charge in [0.15, 0.2) is 0 Å². The van der Waals surface area contributed by atoms with Crippen LogP contribution in [-0.4, -0.2) is 24.4 Å². The Morgan fingerprint density at radius 3 is 3.12 bits per heavy atom. The van der Waals surface area contributed by atoms with E-state index in [2.05, 4.69) is 5.32 Å². The summed E-state index contributed by atoms with van der Waals surface area (Å²) in [5.41, 5.74) is 0.581. The zero-order chi connectivity index (χ0) is 11.4. The number of phenolic OH excluding ortho intramolecular Hbond substituents is 1. The maximum absolute atomic E-state index is 12.9. The van der Waals surface area contributed by atoms with Crippen molar-refractivity contribution in [3.63, 3.8) is 0 Å². The van der Waals surface area contributed by atoms with E-state index in [0.29, 0.717) is 12.1 Å². The van der Waals surface area contributed by atoms with Crippen LogP contribution in [0.5, 0.6) is 5.75 Å². The lowest BCUT2D eigenvalue weighted by Gasteiger charge is -2.11. The van der Waals surface area contributed by atoms with Gasteiger partial charge in [0.2, 0.25) is 0 Å². The molecule has 1 aliphatic rings. The third-order valence-corrected chi connectivity index (χ3v) is 2.75. The Kier molecular flexibility index (Phi) is 3.74. The molecule has 2 N–H and O–H groups in total. The Morgan fingerprint density at radius 1 is 1.50 bits per heavy atom. The smallest absolute Gasteiger partial charge is 0.123 e. The Labute approximate surface area is 94.2 Å². The van der Waals surface area contributed by atoms with Crippen LogP contribution in [0.15, 0.2) is 18.2 Å². The van der Waals surface area contributed by atoms with Crippen LogP contribution in [-0.2, 0) is 11.3 Å². The largest absolute Gasteiger partial charge is 0.508 e. The van der Waals surface area contributed by atoms with E-state index in [-0.39, 0.29) is 17.7 Å². The first-order valence-electron chi connectivity index (χ1n) is 5.55. The van der Waals surface area contributed by atoms with Gasteiger partial charge in [-0.15, -0.1) is 0 Å². The first kappa shape index (κ1) is 11.4. The van der Waals surface area contributed by atoms with Crippen LogP contribution in [0.4, 0.5) is 4.39 Å². The summed E-state index contributed by atoms with van der Waals surface area (Å²) in [5, 5.41) is 12.6. The SMILES string of the molecule is Oc1ccc(F)cc1CNCC1CCCO1. The molecule has 1 aromatic rings. The second-order valence-electron chi connectivity index (χ2n) is 4.04. The molecule has 1 heterocycles. The molecule has 0 bridgehead atoms. The van der Waals surface area contributed by atoms with E-state index in [1.807, 2.05) is 0 Å². The zero-order valence-corrected chi connectivity index (χ0v) is 9.08. The monoisotopic (exact) mass is 225 g/mol. The third-order valence-electron chi connectivity index (χ3n) is 2.75. The molecule has 2 rings (SSSR count). The minimum absolute atomic E-state index is 0.126. The average molecular weight is 225 g/mol. The van der Waals surface area contributed by atoms with Crippen LogP contribution >= 0.6 is 0 Å². The zero-order valence-electron chi connectivity index (χ0n) is 9.08. The third kappa shape index (κ3) is 2.93. The number of ether oxygens (including phenoxy) is 1. The van der Waals surface area contributed by atoms with Crippen molar-refractivity contribution in [1.29, 1.82) is 0 Å². The van der Waals surface area contributed by atoms with Crippen molar-refractivity contribution >= 4 is 0 Å². The van der Waals surface area contributed by atoms with Gasteiger partial charge in [0.1, 0.15) is 11.6 Å². The molecule has 88 valence electrons. The van der Waals surface area contributed by atoms with Gasteiger partial charge in [0.25, 0.3) is 0 Å². The number of hydrogen-bond acceptors (Lipinski definition) is 3. The lowest BCUT2D eigenvalue weighted by Crippen LogP contribution is -2.25. The average Bonchev–Trinajstić information content (AvgIpc) is 2.76. The van der Waals surface area contributed by atoms with Gasteiger partial charge in [-0.2, -0.15) is 0 Å². The molecule has 16 heavy (non-hydrogen) atoms. The van der Waals surface area contributed by atoms with E-state index in [9.17, 15) is 9.50 Å². The molecule has 1 saturated heterocycles. The lowest BCUT2D eigenvalue weighted by atomic mass is 10.2. The normalized spacial score (nSPS) is 20.2. The van der Waals surface area contributed by atoms with E-state index in [1.165, 1.54) is 18.2 Å². The van der Waals surface area contributed by atoms with Crippen LogP contribution in [0.3, 0.4) is 0 Å². The van der Waals surface area contributed by atoms with Crippen LogP contribution in [0.25, 0.3) is 0 Å². The summed E-state index contributed by atoms with van der Waals surface area (Å²) < 4.78 is 18.4. The Bertz CT molecular complexity index is 351. The van der Waals surface area contributed by atoms with Crippen LogP contribution in [0.1, 0.15) is 18.4 Å². The maximum Gasteiger partial charge on any atom is 0.123 e. The number of nitrogens with one attached hydrogen (secondary N) is 1. The number of hydrogen-bond donors (Lipinski definition) is 2. The molecule has 1 fully saturated rings. The second kappa shape index (κ2) is 5.27. The Balaban J connectivity index is 1.82. The predicted molar refractivity (Wildman–Crippen MR) is 58.7 cm³/mol. The summed E-state index contributed by atoms with van der Waals surface area (Å²) in [6.45, 7) is 2.04. The quantitative estimate of drug-likeness (QED) is 0.821. The van der Waals surface area contributed by atoms with Gasteiger partial charge in [-0.3, -0.25) is 0 Å². The minimum Gasteiger partial charge on any atom is -0.508 e. The van der Waals surface area contributed by atoms with Gasteiger partial charge < -0.3 is 15.2 Å². The highest BCUT2D eigenvalue weighted by Crippen LogP contribution is 2.17.